The largest absolute Gasteiger partial charge is 0.361 e. The maximum absolute atomic E-state index is 13.9. The number of anilines is 1. The van der Waals surface area contributed by atoms with E-state index in [1.54, 1.807) is 20.0 Å². The number of nitrogens with zero attached hydrogens (tertiary/aromatic N) is 3. The lowest BCUT2D eigenvalue weighted by molar-refractivity contribution is -0.116. The molecule has 0 bridgehead atoms. The quantitative estimate of drug-likeness (QED) is 0.714. The third-order valence-electron chi connectivity index (χ3n) is 4.39. The molecule has 1 amide bonds. The Kier molecular flexibility index (Phi) is 5.34. The molecule has 0 fully saturated rings. The number of aryl methyl sites for hydroxylation is 3. The normalized spacial score (nSPS) is 11.0. The average molecular weight is 374 g/mol. The number of hydrogen-bond donors (Lipinski definition) is 1. The van der Waals surface area contributed by atoms with Crippen LogP contribution in [0.5, 0.6) is 0 Å². The Hall–Kier alpha value is -3.03. The van der Waals surface area contributed by atoms with E-state index in [9.17, 15) is 13.6 Å². The summed E-state index contributed by atoms with van der Waals surface area (Å²) in [7, 11) is 0. The van der Waals surface area contributed by atoms with Crippen LogP contribution in [0.25, 0.3) is 0 Å². The number of benzene rings is 1. The fraction of sp³-hybridized carbons (Fsp3) is 0.316. The molecule has 8 heteroatoms. The predicted molar refractivity (Wildman–Crippen MR) is 95.4 cm³/mol. The summed E-state index contributed by atoms with van der Waals surface area (Å²) in [5.41, 5.74) is 2.57. The van der Waals surface area contributed by atoms with Crippen molar-refractivity contribution in [1.29, 1.82) is 0 Å². The first-order valence-electron chi connectivity index (χ1n) is 8.53. The monoisotopic (exact) mass is 374 g/mol. The molecule has 0 aliphatic rings. The molecule has 3 aromatic rings. The number of aromatic nitrogens is 3. The highest BCUT2D eigenvalue weighted by Gasteiger charge is 2.15. The average Bonchev–Trinajstić information content (AvgIpc) is 3.12. The lowest BCUT2D eigenvalue weighted by Crippen LogP contribution is -2.17. The molecule has 0 unspecified atom stereocenters. The van der Waals surface area contributed by atoms with Gasteiger partial charge >= 0.3 is 0 Å². The molecule has 0 aliphatic heterocycles. The van der Waals surface area contributed by atoms with E-state index in [4.69, 9.17) is 4.52 Å². The van der Waals surface area contributed by atoms with Gasteiger partial charge in [-0.25, -0.2) is 13.5 Å². The first kappa shape index (κ1) is 18.8. The molecule has 0 spiro atoms. The van der Waals surface area contributed by atoms with Crippen molar-refractivity contribution in [2.45, 2.75) is 40.2 Å². The Morgan fingerprint density at radius 3 is 2.74 bits per heavy atom. The molecule has 1 aromatic carbocycles. The maximum Gasteiger partial charge on any atom is 0.225 e. The summed E-state index contributed by atoms with van der Waals surface area (Å²) in [5, 5.41) is 10.8. The Morgan fingerprint density at radius 2 is 2.04 bits per heavy atom. The molecule has 0 aliphatic carbocycles. The zero-order chi connectivity index (χ0) is 19.6. The Balaban J connectivity index is 1.71. The summed E-state index contributed by atoms with van der Waals surface area (Å²) in [6.07, 6.45) is 2.31. The zero-order valence-corrected chi connectivity index (χ0v) is 15.3. The molecule has 2 heterocycles. The second-order valence-electron chi connectivity index (χ2n) is 6.42. The first-order chi connectivity index (χ1) is 12.8. The summed E-state index contributed by atoms with van der Waals surface area (Å²) in [4.78, 5) is 12.4. The van der Waals surface area contributed by atoms with Gasteiger partial charge in [0.15, 0.2) is 0 Å². The second-order valence-corrected chi connectivity index (χ2v) is 6.42. The summed E-state index contributed by atoms with van der Waals surface area (Å²) in [5.74, 6) is -0.106. The van der Waals surface area contributed by atoms with E-state index in [2.05, 4.69) is 15.6 Å². The van der Waals surface area contributed by atoms with Crippen molar-refractivity contribution in [1.82, 2.24) is 14.9 Å². The number of carbonyl (C=O) groups is 1. The summed E-state index contributed by atoms with van der Waals surface area (Å²) in [6.45, 7) is 5.43. The molecule has 6 nitrogen and oxygen atoms in total. The van der Waals surface area contributed by atoms with Gasteiger partial charge in [0.25, 0.3) is 0 Å². The van der Waals surface area contributed by atoms with Crippen molar-refractivity contribution in [3.63, 3.8) is 0 Å². The Morgan fingerprint density at radius 1 is 1.26 bits per heavy atom. The van der Waals surface area contributed by atoms with Crippen LogP contribution in [0.2, 0.25) is 0 Å². The summed E-state index contributed by atoms with van der Waals surface area (Å²) < 4.78 is 33.8. The fourth-order valence-electron chi connectivity index (χ4n) is 2.88. The number of halogens is 2. The lowest BCUT2D eigenvalue weighted by atomic mass is 10.1. The van der Waals surface area contributed by atoms with Crippen LogP contribution < -0.4 is 5.32 Å². The highest BCUT2D eigenvalue weighted by molar-refractivity contribution is 5.90. The van der Waals surface area contributed by atoms with Crippen molar-refractivity contribution < 1.29 is 18.1 Å². The molecule has 0 atom stereocenters. The summed E-state index contributed by atoms with van der Waals surface area (Å²) in [6, 6.07) is 3.25. The standard InChI is InChI=1S/C19H20F2N4O2/c1-11-9-22-25(10-14-8-15(20)4-6-17(14)21)19(11)23-18(26)7-5-16-12(2)24-27-13(16)3/h4,6,8-9H,5,7,10H2,1-3H3,(H,23,26). The molecular weight excluding hydrogens is 354 g/mol. The van der Waals surface area contributed by atoms with Gasteiger partial charge in [-0.1, -0.05) is 5.16 Å². The third-order valence-corrected chi connectivity index (χ3v) is 4.39. The molecule has 1 N–H and O–H groups in total. The lowest BCUT2D eigenvalue weighted by Gasteiger charge is -2.11. The van der Waals surface area contributed by atoms with E-state index >= 15 is 0 Å². The fourth-order valence-corrected chi connectivity index (χ4v) is 2.88. The first-order valence-corrected chi connectivity index (χ1v) is 8.53. The number of rotatable bonds is 6. The molecule has 27 heavy (non-hydrogen) atoms. The zero-order valence-electron chi connectivity index (χ0n) is 15.3. The van der Waals surface area contributed by atoms with Crippen molar-refractivity contribution in [3.8, 4) is 0 Å². The molecule has 0 saturated carbocycles. The van der Waals surface area contributed by atoms with Crippen LogP contribution in [0.1, 0.15) is 34.6 Å². The minimum absolute atomic E-state index is 0.0108. The van der Waals surface area contributed by atoms with Crippen LogP contribution in [0.3, 0.4) is 0 Å². The van der Waals surface area contributed by atoms with Gasteiger partial charge in [0.1, 0.15) is 23.2 Å². The molecule has 142 valence electrons. The molecule has 3 rings (SSSR count). The van der Waals surface area contributed by atoms with Gasteiger partial charge in [-0.15, -0.1) is 0 Å². The minimum atomic E-state index is -0.528. The summed E-state index contributed by atoms with van der Waals surface area (Å²) >= 11 is 0. The van der Waals surface area contributed by atoms with Crippen LogP contribution in [0, 0.1) is 32.4 Å². The Bertz CT molecular complexity index is 959. The van der Waals surface area contributed by atoms with E-state index in [0.29, 0.717) is 18.0 Å². The maximum atomic E-state index is 13.9. The molecular formula is C19H20F2N4O2. The number of amides is 1. The van der Waals surface area contributed by atoms with E-state index in [-0.39, 0.29) is 24.4 Å². The van der Waals surface area contributed by atoms with Crippen molar-refractivity contribution in [3.05, 3.63) is 64.2 Å². The van der Waals surface area contributed by atoms with Gasteiger partial charge in [0, 0.05) is 23.1 Å². The predicted octanol–water partition coefficient (Wildman–Crippen LogP) is 3.69. The highest BCUT2D eigenvalue weighted by atomic mass is 19.1. The van der Waals surface area contributed by atoms with Crippen LogP contribution >= 0.6 is 0 Å². The van der Waals surface area contributed by atoms with Crippen LogP contribution in [0.15, 0.2) is 28.9 Å². The second kappa shape index (κ2) is 7.69. The van der Waals surface area contributed by atoms with E-state index in [1.165, 1.54) is 4.68 Å². The van der Waals surface area contributed by atoms with Gasteiger partial charge < -0.3 is 9.84 Å². The van der Waals surface area contributed by atoms with Crippen molar-refractivity contribution >= 4 is 11.7 Å². The highest BCUT2D eigenvalue weighted by Crippen LogP contribution is 2.19. The Labute approximate surface area is 155 Å². The van der Waals surface area contributed by atoms with Gasteiger partial charge in [0.2, 0.25) is 5.91 Å². The van der Waals surface area contributed by atoms with E-state index in [0.717, 1.165) is 35.0 Å². The van der Waals surface area contributed by atoms with Gasteiger partial charge in [-0.05, 0) is 45.4 Å². The number of hydrogen-bond acceptors (Lipinski definition) is 4. The van der Waals surface area contributed by atoms with Crippen LogP contribution in [-0.2, 0) is 17.8 Å². The van der Waals surface area contributed by atoms with Gasteiger partial charge in [0.05, 0.1) is 18.4 Å². The molecule has 2 aromatic heterocycles. The third kappa shape index (κ3) is 4.21. The van der Waals surface area contributed by atoms with Crippen molar-refractivity contribution in [2.75, 3.05) is 5.32 Å². The molecule has 0 radical (unpaired) electrons. The molecule has 0 saturated heterocycles. The van der Waals surface area contributed by atoms with Crippen LogP contribution in [-0.4, -0.2) is 20.8 Å². The van der Waals surface area contributed by atoms with E-state index < -0.39 is 11.6 Å². The van der Waals surface area contributed by atoms with Gasteiger partial charge in [-0.2, -0.15) is 5.10 Å². The minimum Gasteiger partial charge on any atom is -0.361 e. The van der Waals surface area contributed by atoms with E-state index in [1.807, 2.05) is 6.92 Å². The van der Waals surface area contributed by atoms with Crippen molar-refractivity contribution in [2.24, 2.45) is 0 Å². The van der Waals surface area contributed by atoms with Gasteiger partial charge in [-0.3, -0.25) is 4.79 Å². The SMILES string of the molecule is Cc1cnn(Cc2cc(F)ccc2F)c1NC(=O)CCc1c(C)noc1C. The number of carbonyl (C=O) groups excluding carboxylic acids is 1. The number of nitrogens with one attached hydrogen (secondary N) is 1. The van der Waals surface area contributed by atoms with Crippen LogP contribution in [0.4, 0.5) is 14.6 Å². The smallest absolute Gasteiger partial charge is 0.225 e. The topological polar surface area (TPSA) is 73.0 Å².